The summed E-state index contributed by atoms with van der Waals surface area (Å²) in [6, 6.07) is 21.2. The van der Waals surface area contributed by atoms with Gasteiger partial charge in [-0.1, -0.05) is 69.7 Å². The molecule has 0 aliphatic heterocycles. The van der Waals surface area contributed by atoms with Gasteiger partial charge in [0.25, 0.3) is 0 Å². The summed E-state index contributed by atoms with van der Waals surface area (Å²) in [5, 5.41) is 2.57. The molecule has 5 aromatic rings. The van der Waals surface area contributed by atoms with Crippen LogP contribution in [-0.2, 0) is 0 Å². The van der Waals surface area contributed by atoms with E-state index < -0.39 is 0 Å². The van der Waals surface area contributed by atoms with Gasteiger partial charge in [-0.3, -0.25) is 4.40 Å². The Morgan fingerprint density at radius 1 is 0.913 bits per heavy atom. The fraction of sp³-hybridized carbons (Fsp3) is 0. The van der Waals surface area contributed by atoms with Crippen LogP contribution < -0.4 is 0 Å². The van der Waals surface area contributed by atoms with Gasteiger partial charge in [0.1, 0.15) is 0 Å². The van der Waals surface area contributed by atoms with Crippen molar-refractivity contribution in [2.45, 2.75) is 0 Å². The van der Waals surface area contributed by atoms with E-state index in [0.717, 1.165) is 20.7 Å². The van der Waals surface area contributed by atoms with Crippen molar-refractivity contribution >= 4 is 53.2 Å². The minimum Gasteiger partial charge on any atom is -0.290 e. The minimum absolute atomic E-state index is 1.01. The van der Waals surface area contributed by atoms with E-state index in [1.165, 1.54) is 21.0 Å². The fourth-order valence-electron chi connectivity index (χ4n) is 2.99. The molecule has 0 aliphatic rings. The van der Waals surface area contributed by atoms with E-state index in [0.29, 0.717) is 0 Å². The van der Waals surface area contributed by atoms with E-state index >= 15 is 0 Å². The van der Waals surface area contributed by atoms with Crippen LogP contribution in [0, 0.1) is 0 Å². The third-order valence-electron chi connectivity index (χ3n) is 4.13. The number of halogens is 1. The number of imidazole rings is 1. The van der Waals surface area contributed by atoms with Gasteiger partial charge in [0, 0.05) is 21.6 Å². The van der Waals surface area contributed by atoms with Crippen molar-refractivity contribution < 1.29 is 0 Å². The molecule has 110 valence electrons. The predicted molar refractivity (Wildman–Crippen MR) is 101 cm³/mol. The van der Waals surface area contributed by atoms with Crippen LogP contribution in [0.1, 0.15) is 0 Å². The summed E-state index contributed by atoms with van der Waals surface area (Å²) in [6.45, 7) is 0. The molecule has 0 bridgehead atoms. The molecule has 0 spiro atoms. The lowest BCUT2D eigenvalue weighted by atomic mass is 10.1. The lowest BCUT2D eigenvalue weighted by Crippen LogP contribution is -1.79. The van der Waals surface area contributed by atoms with Crippen LogP contribution in [-0.4, -0.2) is 9.38 Å². The lowest BCUT2D eigenvalue weighted by molar-refractivity contribution is 1.30. The first kappa shape index (κ1) is 13.3. The number of fused-ring (bicyclic) bond motifs is 5. The van der Waals surface area contributed by atoms with E-state index in [2.05, 4.69) is 75.1 Å². The maximum atomic E-state index is 4.82. The van der Waals surface area contributed by atoms with Crippen LogP contribution in [0.25, 0.3) is 37.2 Å². The Balaban J connectivity index is 1.78. The summed E-state index contributed by atoms with van der Waals surface area (Å²) >= 11 is 5.23. The number of hydrogen-bond acceptors (Lipinski definition) is 2. The van der Waals surface area contributed by atoms with Crippen molar-refractivity contribution in [3.8, 4) is 11.3 Å². The monoisotopic (exact) mass is 378 g/mol. The van der Waals surface area contributed by atoms with Gasteiger partial charge in [-0.25, -0.2) is 4.98 Å². The average molecular weight is 379 g/mol. The highest BCUT2D eigenvalue weighted by Crippen LogP contribution is 2.34. The van der Waals surface area contributed by atoms with Crippen molar-refractivity contribution in [3.63, 3.8) is 0 Å². The molecule has 4 heteroatoms. The Kier molecular flexibility index (Phi) is 2.84. The number of nitrogens with zero attached hydrogens (tertiary/aromatic N) is 2. The van der Waals surface area contributed by atoms with Crippen LogP contribution >= 0.6 is 27.3 Å². The normalized spacial score (nSPS) is 11.7. The van der Waals surface area contributed by atoms with E-state index in [-0.39, 0.29) is 0 Å². The molecule has 0 atom stereocenters. The summed E-state index contributed by atoms with van der Waals surface area (Å²) in [5.74, 6) is 0. The Bertz CT molecular complexity index is 1170. The molecule has 0 amide bonds. The molecule has 5 rings (SSSR count). The van der Waals surface area contributed by atoms with Crippen molar-refractivity contribution in [2.24, 2.45) is 0 Å². The smallest absolute Gasteiger partial charge is 0.195 e. The van der Waals surface area contributed by atoms with Gasteiger partial charge in [-0.05, 0) is 23.6 Å². The summed E-state index contributed by atoms with van der Waals surface area (Å²) in [7, 11) is 0. The van der Waals surface area contributed by atoms with Crippen LogP contribution in [0.4, 0.5) is 0 Å². The molecule has 0 aliphatic carbocycles. The number of hydrogen-bond donors (Lipinski definition) is 0. The number of benzene rings is 3. The summed E-state index contributed by atoms with van der Waals surface area (Å²) in [4.78, 5) is 5.86. The molecule has 0 unspecified atom stereocenters. The zero-order chi connectivity index (χ0) is 15.4. The molecule has 0 fully saturated rings. The zero-order valence-corrected chi connectivity index (χ0v) is 14.4. The van der Waals surface area contributed by atoms with Crippen LogP contribution in [0.2, 0.25) is 0 Å². The van der Waals surface area contributed by atoms with E-state index in [4.69, 9.17) is 4.98 Å². The Morgan fingerprint density at radius 3 is 2.61 bits per heavy atom. The average Bonchev–Trinajstić information content (AvgIpc) is 3.13. The van der Waals surface area contributed by atoms with Gasteiger partial charge >= 0.3 is 0 Å². The largest absolute Gasteiger partial charge is 0.290 e. The highest BCUT2D eigenvalue weighted by molar-refractivity contribution is 9.10. The summed E-state index contributed by atoms with van der Waals surface area (Å²) in [5.41, 5.74) is 3.37. The van der Waals surface area contributed by atoms with E-state index in [9.17, 15) is 0 Å². The molecule has 2 nitrogen and oxygen atoms in total. The zero-order valence-electron chi connectivity index (χ0n) is 12.0. The highest BCUT2D eigenvalue weighted by atomic mass is 79.9. The molecule has 2 heterocycles. The summed E-state index contributed by atoms with van der Waals surface area (Å²) in [6.07, 6.45) is 2.13. The first-order chi connectivity index (χ1) is 11.3. The Labute approximate surface area is 145 Å². The van der Waals surface area contributed by atoms with Crippen LogP contribution in [0.15, 0.2) is 71.3 Å². The first-order valence-electron chi connectivity index (χ1n) is 7.35. The van der Waals surface area contributed by atoms with Crippen LogP contribution in [0.5, 0.6) is 0 Å². The van der Waals surface area contributed by atoms with Gasteiger partial charge in [0.15, 0.2) is 4.96 Å². The minimum atomic E-state index is 1.01. The predicted octanol–water partition coefficient (Wildman–Crippen LogP) is 6.13. The van der Waals surface area contributed by atoms with Gasteiger partial charge < -0.3 is 0 Å². The number of aromatic nitrogens is 2. The Morgan fingerprint density at radius 2 is 1.74 bits per heavy atom. The van der Waals surface area contributed by atoms with E-state index in [1.807, 2.05) is 12.1 Å². The fourth-order valence-corrected chi connectivity index (χ4v) is 4.39. The maximum Gasteiger partial charge on any atom is 0.195 e. The molecule has 0 saturated carbocycles. The van der Waals surface area contributed by atoms with Gasteiger partial charge in [-0.15, -0.1) is 0 Å². The second-order valence-corrected chi connectivity index (χ2v) is 7.42. The molecule has 0 saturated heterocycles. The molecule has 0 N–H and O–H groups in total. The molecule has 23 heavy (non-hydrogen) atoms. The number of rotatable bonds is 1. The maximum absolute atomic E-state index is 4.82. The molecule has 2 aromatic heterocycles. The molecule has 0 radical (unpaired) electrons. The third kappa shape index (κ3) is 2.02. The molecule has 3 aromatic carbocycles. The standard InChI is InChI=1S/C19H11BrN2S/c20-14-8-5-13(6-9-14)16-11-22-17-10-7-12-3-1-2-4-15(12)18(17)23-19(22)21-16/h1-11H. The summed E-state index contributed by atoms with van der Waals surface area (Å²) < 4.78 is 4.58. The SMILES string of the molecule is Brc1ccc(-c2cn3c(n2)sc2c4ccccc4ccc23)cc1. The molecular weight excluding hydrogens is 368 g/mol. The number of thiazole rings is 1. The van der Waals surface area contributed by atoms with Gasteiger partial charge in [0.2, 0.25) is 0 Å². The van der Waals surface area contributed by atoms with Crippen LogP contribution in [0.3, 0.4) is 0 Å². The highest BCUT2D eigenvalue weighted by Gasteiger charge is 2.12. The topological polar surface area (TPSA) is 17.3 Å². The Hall–Kier alpha value is -2.17. The van der Waals surface area contributed by atoms with Gasteiger partial charge in [0.05, 0.1) is 15.9 Å². The third-order valence-corrected chi connectivity index (χ3v) is 5.76. The second kappa shape index (κ2) is 4.91. The van der Waals surface area contributed by atoms with Crippen molar-refractivity contribution in [2.75, 3.05) is 0 Å². The molecular formula is C19H11BrN2S. The lowest BCUT2D eigenvalue weighted by Gasteiger charge is -1.99. The van der Waals surface area contributed by atoms with Gasteiger partial charge in [-0.2, -0.15) is 0 Å². The second-order valence-electron chi connectivity index (χ2n) is 5.52. The van der Waals surface area contributed by atoms with E-state index in [1.54, 1.807) is 11.3 Å². The quantitative estimate of drug-likeness (QED) is 0.342. The van der Waals surface area contributed by atoms with Crippen molar-refractivity contribution in [3.05, 3.63) is 71.3 Å². The first-order valence-corrected chi connectivity index (χ1v) is 8.96. The van der Waals surface area contributed by atoms with Crippen molar-refractivity contribution in [1.29, 1.82) is 0 Å². The van der Waals surface area contributed by atoms with Crippen molar-refractivity contribution in [1.82, 2.24) is 9.38 Å².